The van der Waals surface area contributed by atoms with Crippen LogP contribution in [0.5, 0.6) is 0 Å². The summed E-state index contributed by atoms with van der Waals surface area (Å²) in [6.07, 6.45) is 12.2. The third-order valence-electron chi connectivity index (χ3n) is 9.08. The highest BCUT2D eigenvalue weighted by Crippen LogP contribution is 2.40. The van der Waals surface area contributed by atoms with Crippen LogP contribution in [0.25, 0.3) is 11.4 Å². The first-order chi connectivity index (χ1) is 21.2. The number of rotatable bonds is 9. The van der Waals surface area contributed by atoms with Crippen LogP contribution in [-0.2, 0) is 17.6 Å². The molecule has 0 bridgehead atoms. The van der Waals surface area contributed by atoms with Gasteiger partial charge < -0.3 is 9.79 Å². The normalized spacial score (nSPS) is 17.1. The second-order valence-electron chi connectivity index (χ2n) is 13.1. The molecule has 5 heterocycles. The lowest BCUT2D eigenvalue weighted by atomic mass is 9.88. The SMILES string of the molecule is CCCc1cc(C2=C3C=C(C)C(=[N+]4CCCCC4)N3[B]n3c2ccc3-n2cc(CCC(C)C)nn2)ccc1C(C)NC(C)=O. The van der Waals surface area contributed by atoms with E-state index in [4.69, 9.17) is 0 Å². The lowest BCUT2D eigenvalue weighted by Gasteiger charge is -2.28. The van der Waals surface area contributed by atoms with Gasteiger partial charge in [-0.3, -0.25) is 14.2 Å². The average Bonchev–Trinajstić information content (AvgIpc) is 3.71. The van der Waals surface area contributed by atoms with Crippen LogP contribution in [-0.4, -0.2) is 61.2 Å². The van der Waals surface area contributed by atoms with Gasteiger partial charge in [0.2, 0.25) is 5.91 Å². The number of nitrogens with zero attached hydrogens (tertiary/aromatic N) is 6. The molecule has 1 radical (unpaired) electrons. The number of hydrogen-bond acceptors (Lipinski definition) is 3. The summed E-state index contributed by atoms with van der Waals surface area (Å²) in [7, 11) is 2.25. The fourth-order valence-corrected chi connectivity index (χ4v) is 6.97. The largest absolute Gasteiger partial charge is 0.553 e. The second kappa shape index (κ2) is 12.6. The third kappa shape index (κ3) is 5.81. The number of aromatic nitrogens is 4. The van der Waals surface area contributed by atoms with Crippen LogP contribution in [0.2, 0.25) is 0 Å². The first-order valence-corrected chi connectivity index (χ1v) is 16.5. The van der Waals surface area contributed by atoms with E-state index in [1.54, 1.807) is 6.92 Å². The van der Waals surface area contributed by atoms with Gasteiger partial charge in [-0.25, -0.2) is 4.68 Å². The topological polar surface area (TPSA) is 71.0 Å². The Bertz CT molecular complexity index is 1650. The molecule has 44 heavy (non-hydrogen) atoms. The maximum atomic E-state index is 11.9. The van der Waals surface area contributed by atoms with Crippen molar-refractivity contribution in [2.45, 2.75) is 92.5 Å². The van der Waals surface area contributed by atoms with Crippen LogP contribution >= 0.6 is 0 Å². The van der Waals surface area contributed by atoms with Gasteiger partial charge in [-0.05, 0) is 93.2 Å². The Morgan fingerprint density at radius 3 is 2.61 bits per heavy atom. The number of amidine groups is 1. The van der Waals surface area contributed by atoms with Crippen LogP contribution < -0.4 is 5.32 Å². The highest BCUT2D eigenvalue weighted by atomic mass is 16.1. The lowest BCUT2D eigenvalue weighted by Crippen LogP contribution is -2.44. The fourth-order valence-electron chi connectivity index (χ4n) is 6.97. The molecule has 0 saturated carbocycles. The lowest BCUT2D eigenvalue weighted by molar-refractivity contribution is -0.540. The number of nitrogens with one attached hydrogen (secondary N) is 1. The molecule has 1 saturated heterocycles. The number of carbonyl (C=O) groups excluding carboxylic acids is 1. The van der Waals surface area contributed by atoms with Crippen LogP contribution in [0.1, 0.15) is 108 Å². The van der Waals surface area contributed by atoms with Gasteiger partial charge in [0.1, 0.15) is 11.5 Å². The minimum Gasteiger partial charge on any atom is -0.350 e. The number of fused-ring (bicyclic) bond motifs is 2. The maximum absolute atomic E-state index is 11.9. The van der Waals surface area contributed by atoms with E-state index >= 15 is 0 Å². The Labute approximate surface area is 262 Å². The summed E-state index contributed by atoms with van der Waals surface area (Å²) < 4.78 is 6.77. The van der Waals surface area contributed by atoms with Crippen molar-refractivity contribution in [3.63, 3.8) is 0 Å². The molecule has 1 aromatic carbocycles. The number of allylic oxidation sites excluding steroid dienone is 1. The van der Waals surface area contributed by atoms with E-state index in [2.05, 4.69) is 114 Å². The third-order valence-corrected chi connectivity index (χ3v) is 9.08. The summed E-state index contributed by atoms with van der Waals surface area (Å²) in [6.45, 7) is 14.8. The number of amides is 1. The summed E-state index contributed by atoms with van der Waals surface area (Å²) in [5.41, 5.74) is 9.53. The zero-order valence-electron chi connectivity index (χ0n) is 27.2. The summed E-state index contributed by atoms with van der Waals surface area (Å²) in [5.74, 6) is 2.88. The monoisotopic (exact) mass is 591 g/mol. The van der Waals surface area contributed by atoms with Gasteiger partial charge in [-0.1, -0.05) is 50.6 Å². The molecular formula is C35H46BN7O+. The van der Waals surface area contributed by atoms with Crippen molar-refractivity contribution in [3.8, 4) is 5.82 Å². The number of carbonyl (C=O) groups is 1. The van der Waals surface area contributed by atoms with Crippen LogP contribution in [0, 0.1) is 5.92 Å². The van der Waals surface area contributed by atoms with Crippen molar-refractivity contribution < 1.29 is 9.37 Å². The zero-order chi connectivity index (χ0) is 31.0. The van der Waals surface area contributed by atoms with Gasteiger partial charge in [-0.2, -0.15) is 0 Å². The van der Waals surface area contributed by atoms with Crippen LogP contribution in [0.15, 0.2) is 53.9 Å². The van der Waals surface area contributed by atoms with Crippen molar-refractivity contribution in [2.24, 2.45) is 5.92 Å². The zero-order valence-corrected chi connectivity index (χ0v) is 27.2. The Kier molecular flexibility index (Phi) is 8.65. The predicted octanol–water partition coefficient (Wildman–Crippen LogP) is 5.82. The van der Waals surface area contributed by atoms with E-state index in [1.807, 2.05) is 4.68 Å². The molecule has 1 atom stereocenters. The Hall–Kier alpha value is -3.88. The number of hydrogen-bond donors (Lipinski definition) is 1. The molecule has 6 rings (SSSR count). The first-order valence-electron chi connectivity index (χ1n) is 16.5. The first kappa shape index (κ1) is 30.2. The molecule has 3 aromatic rings. The molecule has 229 valence electrons. The number of piperidine rings is 1. The standard InChI is InChI=1S/C35H45BN7O/c1-7-11-27-21-28(13-15-30(27)25(5)37-26(6)44)34-31-16-17-33(41-22-29(38-39-41)14-12-23(2)3)42(31)36-43-32(34)20-24(4)35(43)40-18-9-8-10-19-40/h13,15-17,20-23,25H,7-12,14,18-19H2,1-6H3/p+1. The van der Waals surface area contributed by atoms with E-state index in [1.165, 1.54) is 58.6 Å². The number of benzene rings is 1. The van der Waals surface area contributed by atoms with Gasteiger partial charge in [0, 0.05) is 23.8 Å². The van der Waals surface area contributed by atoms with E-state index in [9.17, 15) is 4.79 Å². The minimum absolute atomic E-state index is 0.00871. The van der Waals surface area contributed by atoms with Crippen LogP contribution in [0.3, 0.4) is 0 Å². The molecule has 0 spiro atoms. The Balaban J connectivity index is 1.49. The van der Waals surface area contributed by atoms with Crippen molar-refractivity contribution in [2.75, 3.05) is 13.1 Å². The van der Waals surface area contributed by atoms with E-state index in [0.717, 1.165) is 56.0 Å². The van der Waals surface area contributed by atoms with Gasteiger partial charge in [-0.15, -0.1) is 5.10 Å². The highest BCUT2D eigenvalue weighted by molar-refractivity contribution is 6.41. The fraction of sp³-hybridized carbons (Fsp3) is 0.486. The summed E-state index contributed by atoms with van der Waals surface area (Å²) >= 11 is 0. The van der Waals surface area contributed by atoms with Crippen molar-refractivity contribution in [1.29, 1.82) is 0 Å². The van der Waals surface area contributed by atoms with Crippen molar-refractivity contribution in [1.82, 2.24) is 29.6 Å². The molecule has 9 heteroatoms. The summed E-state index contributed by atoms with van der Waals surface area (Å²) in [6, 6.07) is 11.1. The molecule has 0 aliphatic carbocycles. The van der Waals surface area contributed by atoms with E-state index < -0.39 is 0 Å². The molecule has 1 N–H and O–H groups in total. The molecule has 1 amide bonds. The van der Waals surface area contributed by atoms with E-state index in [-0.39, 0.29) is 11.9 Å². The predicted molar refractivity (Wildman–Crippen MR) is 177 cm³/mol. The smallest absolute Gasteiger partial charge is 0.350 e. The molecular weight excluding hydrogens is 545 g/mol. The maximum Gasteiger partial charge on any atom is 0.553 e. The highest BCUT2D eigenvalue weighted by Gasteiger charge is 2.43. The van der Waals surface area contributed by atoms with Gasteiger partial charge in [0.15, 0.2) is 0 Å². The molecule has 3 aliphatic rings. The minimum atomic E-state index is -0.0442. The second-order valence-corrected chi connectivity index (χ2v) is 13.1. The molecule has 1 unspecified atom stereocenters. The average molecular weight is 592 g/mol. The number of aryl methyl sites for hydroxylation is 2. The van der Waals surface area contributed by atoms with Crippen molar-refractivity contribution >= 4 is 24.9 Å². The van der Waals surface area contributed by atoms with Gasteiger partial charge in [0.05, 0.1) is 31.0 Å². The summed E-state index contributed by atoms with van der Waals surface area (Å²) in [5, 5.41) is 12.2. The summed E-state index contributed by atoms with van der Waals surface area (Å²) in [4.78, 5) is 14.3. The molecule has 8 nitrogen and oxygen atoms in total. The quantitative estimate of drug-likeness (QED) is 0.252. The van der Waals surface area contributed by atoms with Crippen molar-refractivity contribution in [3.05, 3.63) is 82.0 Å². The Morgan fingerprint density at radius 1 is 1.09 bits per heavy atom. The van der Waals surface area contributed by atoms with Gasteiger partial charge in [0.25, 0.3) is 5.84 Å². The van der Waals surface area contributed by atoms with E-state index in [0.29, 0.717) is 5.92 Å². The molecule has 3 aliphatic heterocycles. The van der Waals surface area contributed by atoms with Crippen LogP contribution in [0.4, 0.5) is 0 Å². The Morgan fingerprint density at radius 2 is 1.89 bits per heavy atom. The molecule has 2 aromatic heterocycles. The molecule has 1 fully saturated rings. The van der Waals surface area contributed by atoms with Gasteiger partial charge >= 0.3 is 7.55 Å².